The molecule has 0 unspecified atom stereocenters. The van der Waals surface area contributed by atoms with Gasteiger partial charge in [-0.1, -0.05) is 12.1 Å². The van der Waals surface area contributed by atoms with E-state index in [0.29, 0.717) is 23.0 Å². The van der Waals surface area contributed by atoms with Gasteiger partial charge in [-0.05, 0) is 24.3 Å². The van der Waals surface area contributed by atoms with Crippen molar-refractivity contribution in [3.8, 4) is 5.75 Å². The Bertz CT molecular complexity index is 906. The molecule has 0 fully saturated rings. The second-order valence-corrected chi connectivity index (χ2v) is 5.28. The molecule has 0 aliphatic rings. The summed E-state index contributed by atoms with van der Waals surface area (Å²) in [6.07, 6.45) is 1.85. The highest BCUT2D eigenvalue weighted by Gasteiger charge is 2.11. The Hall–Kier alpha value is -3.42. The van der Waals surface area contributed by atoms with Crippen molar-refractivity contribution in [3.63, 3.8) is 0 Å². The van der Waals surface area contributed by atoms with Crippen LogP contribution < -0.4 is 15.4 Å². The zero-order chi connectivity index (χ0) is 17.6. The molecule has 0 spiro atoms. The maximum Gasteiger partial charge on any atom is 0.235 e. The summed E-state index contributed by atoms with van der Waals surface area (Å²) in [6.45, 7) is 0. The zero-order valence-electron chi connectivity index (χ0n) is 13.6. The molecule has 2 amide bonds. The highest BCUT2D eigenvalue weighted by Crippen LogP contribution is 2.17. The smallest absolute Gasteiger partial charge is 0.235 e. The van der Waals surface area contributed by atoms with Crippen LogP contribution in [0.2, 0.25) is 0 Å². The number of carbonyl (C=O) groups is 2. The predicted octanol–water partition coefficient (Wildman–Crippen LogP) is 2.10. The van der Waals surface area contributed by atoms with Crippen molar-refractivity contribution in [2.24, 2.45) is 0 Å². The van der Waals surface area contributed by atoms with Crippen LogP contribution in [-0.2, 0) is 9.59 Å². The first-order chi connectivity index (χ1) is 12.2. The molecule has 0 aliphatic carbocycles. The topological polar surface area (TPSA) is 97.6 Å². The minimum absolute atomic E-state index is 0.0392. The van der Waals surface area contributed by atoms with Crippen LogP contribution >= 0.6 is 0 Å². The van der Waals surface area contributed by atoms with Gasteiger partial charge in [0.25, 0.3) is 0 Å². The maximum absolute atomic E-state index is 12.0. The molecule has 0 saturated carbocycles. The summed E-state index contributed by atoms with van der Waals surface area (Å²) in [5, 5.41) is 13.2. The SMILES string of the molecule is COc1cccc(NC(=O)CCC(=O)Nc2nnc3ccccn23)c1. The Morgan fingerprint density at radius 2 is 1.84 bits per heavy atom. The lowest BCUT2D eigenvalue weighted by Crippen LogP contribution is -2.18. The number of hydrogen-bond donors (Lipinski definition) is 2. The average Bonchev–Trinajstić information content (AvgIpc) is 3.03. The molecule has 8 nitrogen and oxygen atoms in total. The molecule has 2 N–H and O–H groups in total. The van der Waals surface area contributed by atoms with Gasteiger partial charge in [-0.3, -0.25) is 19.3 Å². The standard InChI is InChI=1S/C17H17N5O3/c1-25-13-6-4-5-12(11-13)18-15(23)8-9-16(24)19-17-21-20-14-7-2-3-10-22(14)17/h2-7,10-11H,8-9H2,1H3,(H,18,23)(H,19,21,24). The van der Waals surface area contributed by atoms with Gasteiger partial charge < -0.3 is 10.1 Å². The molecule has 8 heteroatoms. The van der Waals surface area contributed by atoms with Crippen LogP contribution in [0, 0.1) is 0 Å². The Morgan fingerprint density at radius 1 is 1.04 bits per heavy atom. The number of rotatable bonds is 6. The number of nitrogens with one attached hydrogen (secondary N) is 2. The first-order valence-electron chi connectivity index (χ1n) is 7.69. The van der Waals surface area contributed by atoms with Crippen LogP contribution in [0.4, 0.5) is 11.6 Å². The lowest BCUT2D eigenvalue weighted by Gasteiger charge is -2.07. The molecule has 2 aromatic heterocycles. The molecule has 0 atom stereocenters. The molecule has 25 heavy (non-hydrogen) atoms. The molecule has 0 aliphatic heterocycles. The molecule has 3 rings (SSSR count). The number of nitrogens with zero attached hydrogens (tertiary/aromatic N) is 3. The summed E-state index contributed by atoms with van der Waals surface area (Å²) in [5.41, 5.74) is 1.25. The van der Waals surface area contributed by atoms with Crippen molar-refractivity contribution in [1.29, 1.82) is 0 Å². The highest BCUT2D eigenvalue weighted by molar-refractivity contribution is 5.96. The molecule has 2 heterocycles. The fourth-order valence-corrected chi connectivity index (χ4v) is 2.27. The number of pyridine rings is 1. The van der Waals surface area contributed by atoms with Crippen molar-refractivity contribution < 1.29 is 14.3 Å². The third kappa shape index (κ3) is 4.11. The number of ether oxygens (including phenoxy) is 1. The fourth-order valence-electron chi connectivity index (χ4n) is 2.27. The second-order valence-electron chi connectivity index (χ2n) is 5.28. The summed E-state index contributed by atoms with van der Waals surface area (Å²) < 4.78 is 6.76. The van der Waals surface area contributed by atoms with Gasteiger partial charge >= 0.3 is 0 Å². The van der Waals surface area contributed by atoms with Gasteiger partial charge in [0.2, 0.25) is 17.8 Å². The van der Waals surface area contributed by atoms with Crippen molar-refractivity contribution in [1.82, 2.24) is 14.6 Å². The largest absolute Gasteiger partial charge is 0.497 e. The summed E-state index contributed by atoms with van der Waals surface area (Å²) in [7, 11) is 1.56. The lowest BCUT2D eigenvalue weighted by molar-refractivity contribution is -0.121. The number of carbonyl (C=O) groups excluding carboxylic acids is 2. The van der Waals surface area contributed by atoms with Gasteiger partial charge in [0, 0.05) is 30.8 Å². The summed E-state index contributed by atoms with van der Waals surface area (Å²) in [5.74, 6) is 0.413. The van der Waals surface area contributed by atoms with Crippen molar-refractivity contribution >= 4 is 29.1 Å². The molecule has 0 radical (unpaired) electrons. The van der Waals surface area contributed by atoms with Crippen molar-refractivity contribution in [2.45, 2.75) is 12.8 Å². The van der Waals surface area contributed by atoms with Crippen molar-refractivity contribution in [3.05, 3.63) is 48.7 Å². The molecular formula is C17H17N5O3. The third-order valence-corrected chi connectivity index (χ3v) is 3.50. The molecular weight excluding hydrogens is 322 g/mol. The Kier molecular flexibility index (Phi) is 4.89. The van der Waals surface area contributed by atoms with Crippen LogP contribution in [0.3, 0.4) is 0 Å². The number of methoxy groups -OCH3 is 1. The highest BCUT2D eigenvalue weighted by atomic mass is 16.5. The van der Waals surface area contributed by atoms with Crippen molar-refractivity contribution in [2.75, 3.05) is 17.7 Å². The Morgan fingerprint density at radius 3 is 2.64 bits per heavy atom. The summed E-state index contributed by atoms with van der Waals surface area (Å²) in [4.78, 5) is 24.0. The molecule has 0 saturated heterocycles. The number of anilines is 2. The first-order valence-corrected chi connectivity index (χ1v) is 7.69. The number of amides is 2. The average molecular weight is 339 g/mol. The van der Waals surface area contributed by atoms with Gasteiger partial charge in [-0.2, -0.15) is 0 Å². The number of benzene rings is 1. The van der Waals surface area contributed by atoms with E-state index in [1.54, 1.807) is 48.0 Å². The molecule has 3 aromatic rings. The minimum Gasteiger partial charge on any atom is -0.497 e. The minimum atomic E-state index is -0.307. The van der Waals surface area contributed by atoms with E-state index in [1.807, 2.05) is 12.1 Å². The van der Waals surface area contributed by atoms with Gasteiger partial charge in [0.1, 0.15) is 5.75 Å². The Labute approximate surface area is 143 Å². The van der Waals surface area contributed by atoms with E-state index in [1.165, 1.54) is 0 Å². The maximum atomic E-state index is 12.0. The predicted molar refractivity (Wildman–Crippen MR) is 92.5 cm³/mol. The third-order valence-electron chi connectivity index (χ3n) is 3.50. The summed E-state index contributed by atoms with van der Waals surface area (Å²) >= 11 is 0. The number of aromatic nitrogens is 3. The van der Waals surface area contributed by atoms with Gasteiger partial charge in [-0.15, -0.1) is 10.2 Å². The van der Waals surface area contributed by atoms with Gasteiger partial charge in [0.15, 0.2) is 5.65 Å². The number of fused-ring (bicyclic) bond motifs is 1. The monoisotopic (exact) mass is 339 g/mol. The number of hydrogen-bond acceptors (Lipinski definition) is 5. The van der Waals surface area contributed by atoms with E-state index in [0.717, 1.165) is 0 Å². The van der Waals surface area contributed by atoms with Gasteiger partial charge in [0.05, 0.1) is 7.11 Å². The Balaban J connectivity index is 1.52. The summed E-state index contributed by atoms with van der Waals surface area (Å²) in [6, 6.07) is 12.4. The zero-order valence-corrected chi connectivity index (χ0v) is 13.6. The van der Waals surface area contributed by atoms with Crippen LogP contribution in [0.1, 0.15) is 12.8 Å². The van der Waals surface area contributed by atoms with Gasteiger partial charge in [-0.25, -0.2) is 0 Å². The molecule has 1 aromatic carbocycles. The van der Waals surface area contributed by atoms with E-state index < -0.39 is 0 Å². The second kappa shape index (κ2) is 7.43. The normalized spacial score (nSPS) is 10.4. The van der Waals surface area contributed by atoms with E-state index in [9.17, 15) is 9.59 Å². The van der Waals surface area contributed by atoms with Crippen LogP contribution in [0.15, 0.2) is 48.7 Å². The molecule has 0 bridgehead atoms. The first kappa shape index (κ1) is 16.4. The van der Waals surface area contributed by atoms with Crippen LogP contribution in [0.5, 0.6) is 5.75 Å². The van der Waals surface area contributed by atoms with Crippen LogP contribution in [0.25, 0.3) is 5.65 Å². The van der Waals surface area contributed by atoms with E-state index in [-0.39, 0.29) is 24.7 Å². The van der Waals surface area contributed by atoms with Crippen LogP contribution in [-0.4, -0.2) is 33.5 Å². The van der Waals surface area contributed by atoms with E-state index >= 15 is 0 Å². The lowest BCUT2D eigenvalue weighted by atomic mass is 10.2. The van der Waals surface area contributed by atoms with E-state index in [2.05, 4.69) is 20.8 Å². The quantitative estimate of drug-likeness (QED) is 0.717. The van der Waals surface area contributed by atoms with E-state index in [4.69, 9.17) is 4.74 Å². The fraction of sp³-hybridized carbons (Fsp3) is 0.176. The molecule has 128 valence electrons.